The molecular weight excluding hydrogens is 242 g/mol. The Morgan fingerprint density at radius 3 is 2.47 bits per heavy atom. The van der Waals surface area contributed by atoms with Gasteiger partial charge in [0, 0.05) is 19.0 Å². The van der Waals surface area contributed by atoms with E-state index in [1.54, 1.807) is 0 Å². The van der Waals surface area contributed by atoms with E-state index < -0.39 is 5.97 Å². The maximum atomic E-state index is 12.1. The van der Waals surface area contributed by atoms with Crippen molar-refractivity contribution in [1.29, 1.82) is 0 Å². The van der Waals surface area contributed by atoms with Gasteiger partial charge in [-0.2, -0.15) is 0 Å². The third-order valence-electron chi connectivity index (χ3n) is 4.04. The summed E-state index contributed by atoms with van der Waals surface area (Å²) < 4.78 is 0. The summed E-state index contributed by atoms with van der Waals surface area (Å²) >= 11 is 0. The van der Waals surface area contributed by atoms with Crippen molar-refractivity contribution < 1.29 is 14.7 Å². The summed E-state index contributed by atoms with van der Waals surface area (Å²) in [6, 6.07) is 0.0676. The lowest BCUT2D eigenvalue weighted by Gasteiger charge is -2.36. The van der Waals surface area contributed by atoms with Crippen molar-refractivity contribution in [2.24, 2.45) is 5.92 Å². The fourth-order valence-electron chi connectivity index (χ4n) is 2.79. The van der Waals surface area contributed by atoms with E-state index in [4.69, 9.17) is 5.11 Å². The maximum absolute atomic E-state index is 12.1. The number of piperidine rings is 1. The van der Waals surface area contributed by atoms with Crippen molar-refractivity contribution >= 4 is 11.9 Å². The Morgan fingerprint density at radius 2 is 1.89 bits per heavy atom. The molecule has 1 rings (SSSR count). The molecule has 1 fully saturated rings. The molecule has 0 aromatic rings. The highest BCUT2D eigenvalue weighted by molar-refractivity contribution is 5.77. The predicted octanol–water partition coefficient (Wildman–Crippen LogP) is 3.06. The number of nitrogens with zero attached hydrogens (tertiary/aromatic N) is 1. The number of carboxylic acids is 1. The Morgan fingerprint density at radius 1 is 1.21 bits per heavy atom. The van der Waals surface area contributed by atoms with Gasteiger partial charge in [-0.05, 0) is 26.2 Å². The lowest BCUT2D eigenvalue weighted by atomic mass is 9.91. The van der Waals surface area contributed by atoms with Crippen molar-refractivity contribution in [3.63, 3.8) is 0 Å². The molecule has 0 bridgehead atoms. The van der Waals surface area contributed by atoms with Crippen LogP contribution in [-0.2, 0) is 9.59 Å². The molecule has 1 N–H and O–H groups in total. The highest BCUT2D eigenvalue weighted by atomic mass is 16.4. The Hall–Kier alpha value is -1.06. The molecule has 0 aromatic heterocycles. The van der Waals surface area contributed by atoms with Gasteiger partial charge in [0.2, 0.25) is 5.91 Å². The normalized spacial score (nSPS) is 23.4. The fourth-order valence-corrected chi connectivity index (χ4v) is 2.79. The van der Waals surface area contributed by atoms with Crippen LogP contribution in [-0.4, -0.2) is 34.5 Å². The van der Waals surface area contributed by atoms with Gasteiger partial charge in [-0.1, -0.05) is 32.6 Å². The highest BCUT2D eigenvalue weighted by Crippen LogP contribution is 2.24. The Kier molecular flexibility index (Phi) is 6.89. The van der Waals surface area contributed by atoms with Crippen molar-refractivity contribution in [2.75, 3.05) is 6.54 Å². The maximum Gasteiger partial charge on any atom is 0.306 e. The molecule has 110 valence electrons. The SMILES string of the molecule is CCCCCCCC(=O)N1CCC(C(=O)O)CC1C. The Balaban J connectivity index is 2.27. The summed E-state index contributed by atoms with van der Waals surface area (Å²) in [5.74, 6) is -0.796. The minimum atomic E-state index is -0.724. The third kappa shape index (κ3) is 5.21. The number of likely N-dealkylation sites (tertiary alicyclic amines) is 1. The lowest BCUT2D eigenvalue weighted by Crippen LogP contribution is -2.45. The summed E-state index contributed by atoms with van der Waals surface area (Å²) in [6.45, 7) is 4.75. The van der Waals surface area contributed by atoms with Crippen molar-refractivity contribution in [1.82, 2.24) is 4.90 Å². The first kappa shape index (κ1) is 16.0. The van der Waals surface area contributed by atoms with Gasteiger partial charge in [0.15, 0.2) is 0 Å². The van der Waals surface area contributed by atoms with Gasteiger partial charge < -0.3 is 10.0 Å². The highest BCUT2D eigenvalue weighted by Gasteiger charge is 2.31. The van der Waals surface area contributed by atoms with Crippen LogP contribution in [0, 0.1) is 5.92 Å². The number of aliphatic carboxylic acids is 1. The first-order valence-corrected chi connectivity index (χ1v) is 7.58. The van der Waals surface area contributed by atoms with E-state index in [1.807, 2.05) is 11.8 Å². The van der Waals surface area contributed by atoms with Crippen LogP contribution >= 0.6 is 0 Å². The summed E-state index contributed by atoms with van der Waals surface area (Å²) in [5, 5.41) is 9.00. The Bertz CT molecular complexity index is 304. The first-order chi connectivity index (χ1) is 9.06. The molecule has 4 nitrogen and oxygen atoms in total. The molecule has 0 saturated carbocycles. The number of unbranched alkanes of at least 4 members (excludes halogenated alkanes) is 4. The second kappa shape index (κ2) is 8.18. The smallest absolute Gasteiger partial charge is 0.306 e. The van der Waals surface area contributed by atoms with E-state index >= 15 is 0 Å². The lowest BCUT2D eigenvalue weighted by molar-refractivity contribution is -0.147. The molecule has 1 aliphatic rings. The minimum Gasteiger partial charge on any atom is -0.481 e. The summed E-state index contributed by atoms with van der Waals surface area (Å²) in [5.41, 5.74) is 0. The molecule has 2 unspecified atom stereocenters. The van der Waals surface area contributed by atoms with Gasteiger partial charge in [-0.25, -0.2) is 0 Å². The second-order valence-electron chi connectivity index (χ2n) is 5.66. The number of amides is 1. The average molecular weight is 269 g/mol. The average Bonchev–Trinajstić information content (AvgIpc) is 2.38. The summed E-state index contributed by atoms with van der Waals surface area (Å²) in [7, 11) is 0. The van der Waals surface area contributed by atoms with Crippen LogP contribution in [0.1, 0.15) is 65.2 Å². The summed E-state index contributed by atoms with van der Waals surface area (Å²) in [6.07, 6.45) is 7.57. The van der Waals surface area contributed by atoms with Gasteiger partial charge >= 0.3 is 5.97 Å². The Labute approximate surface area is 116 Å². The molecule has 19 heavy (non-hydrogen) atoms. The largest absolute Gasteiger partial charge is 0.481 e. The molecule has 1 saturated heterocycles. The van der Waals surface area contributed by atoms with Crippen molar-refractivity contribution in [2.45, 2.75) is 71.3 Å². The van der Waals surface area contributed by atoms with Gasteiger partial charge in [0.1, 0.15) is 0 Å². The third-order valence-corrected chi connectivity index (χ3v) is 4.04. The molecule has 0 radical (unpaired) electrons. The monoisotopic (exact) mass is 269 g/mol. The molecule has 1 amide bonds. The zero-order chi connectivity index (χ0) is 14.3. The van der Waals surface area contributed by atoms with Gasteiger partial charge in [0.25, 0.3) is 0 Å². The van der Waals surface area contributed by atoms with Gasteiger partial charge in [0.05, 0.1) is 5.92 Å². The molecular formula is C15H27NO3. The number of hydrogen-bond donors (Lipinski definition) is 1. The fraction of sp³-hybridized carbons (Fsp3) is 0.867. The molecule has 0 aromatic carbocycles. The van der Waals surface area contributed by atoms with Crippen molar-refractivity contribution in [3.8, 4) is 0 Å². The van der Waals surface area contributed by atoms with Crippen LogP contribution in [0.5, 0.6) is 0 Å². The second-order valence-corrected chi connectivity index (χ2v) is 5.66. The molecule has 0 spiro atoms. The molecule has 1 heterocycles. The van der Waals surface area contributed by atoms with E-state index in [-0.39, 0.29) is 17.9 Å². The molecule has 2 atom stereocenters. The van der Waals surface area contributed by atoms with Crippen LogP contribution in [0.2, 0.25) is 0 Å². The number of carbonyl (C=O) groups excluding carboxylic acids is 1. The topological polar surface area (TPSA) is 57.6 Å². The minimum absolute atomic E-state index is 0.0676. The number of rotatable bonds is 7. The first-order valence-electron chi connectivity index (χ1n) is 7.58. The molecule has 1 aliphatic heterocycles. The van der Waals surface area contributed by atoms with E-state index in [1.165, 1.54) is 19.3 Å². The zero-order valence-corrected chi connectivity index (χ0v) is 12.2. The van der Waals surface area contributed by atoms with E-state index in [9.17, 15) is 9.59 Å². The number of carboxylic acid groups (broad SMARTS) is 1. The van der Waals surface area contributed by atoms with Crippen LogP contribution in [0.4, 0.5) is 0 Å². The van der Waals surface area contributed by atoms with Gasteiger partial charge in [-0.15, -0.1) is 0 Å². The predicted molar refractivity (Wildman–Crippen MR) is 74.9 cm³/mol. The molecule has 4 heteroatoms. The number of hydrogen-bond acceptors (Lipinski definition) is 2. The van der Waals surface area contributed by atoms with Crippen LogP contribution in [0.25, 0.3) is 0 Å². The number of carbonyl (C=O) groups is 2. The van der Waals surface area contributed by atoms with E-state index in [0.29, 0.717) is 25.8 Å². The quantitative estimate of drug-likeness (QED) is 0.723. The van der Waals surface area contributed by atoms with Crippen LogP contribution < -0.4 is 0 Å². The van der Waals surface area contributed by atoms with Crippen LogP contribution in [0.15, 0.2) is 0 Å². The zero-order valence-electron chi connectivity index (χ0n) is 12.2. The van der Waals surface area contributed by atoms with Crippen LogP contribution in [0.3, 0.4) is 0 Å². The van der Waals surface area contributed by atoms with E-state index in [2.05, 4.69) is 6.92 Å². The standard InChI is InChI=1S/C15H27NO3/c1-3-4-5-6-7-8-14(17)16-10-9-13(15(18)19)11-12(16)2/h12-13H,3-11H2,1-2H3,(H,18,19). The molecule has 0 aliphatic carbocycles. The van der Waals surface area contributed by atoms with E-state index in [0.717, 1.165) is 12.8 Å². The van der Waals surface area contributed by atoms with Gasteiger partial charge in [-0.3, -0.25) is 9.59 Å². The van der Waals surface area contributed by atoms with Crippen molar-refractivity contribution in [3.05, 3.63) is 0 Å². The summed E-state index contributed by atoms with van der Waals surface area (Å²) in [4.78, 5) is 24.9.